The lowest BCUT2D eigenvalue weighted by Gasteiger charge is -2.18. The molecule has 0 amide bonds. The largest absolute Gasteiger partial charge is 0.398 e. The number of rotatable bonds is 3. The highest BCUT2D eigenvalue weighted by atomic mass is 14.8. The Morgan fingerprint density at radius 1 is 1.29 bits per heavy atom. The average molecular weight is 190 g/mol. The van der Waals surface area contributed by atoms with E-state index >= 15 is 0 Å². The number of para-hydroxylation sites is 1. The zero-order chi connectivity index (χ0) is 10.6. The van der Waals surface area contributed by atoms with Gasteiger partial charge in [-0.2, -0.15) is 0 Å². The molecule has 0 saturated heterocycles. The molecule has 1 aromatic carbocycles. The lowest BCUT2D eigenvalue weighted by atomic mass is 9.95. The maximum absolute atomic E-state index is 5.92. The Labute approximate surface area is 85.9 Å². The quantitative estimate of drug-likeness (QED) is 0.577. The zero-order valence-corrected chi connectivity index (χ0v) is 9.07. The summed E-state index contributed by atoms with van der Waals surface area (Å²) in [6.45, 7) is 6.25. The summed E-state index contributed by atoms with van der Waals surface area (Å²) >= 11 is 0. The van der Waals surface area contributed by atoms with Gasteiger partial charge in [0.25, 0.3) is 0 Å². The molecule has 0 aliphatic carbocycles. The lowest BCUT2D eigenvalue weighted by Crippen LogP contribution is -2.07. The van der Waals surface area contributed by atoms with Crippen molar-refractivity contribution >= 4 is 11.9 Å². The Bertz CT molecular complexity index is 316. The standard InChI is InChI=1S/C12H18N2/c1-4-14-12(9(2)3)10-7-5-6-8-11(10)13/h4-9,12H,13H2,1-3H3. The fourth-order valence-corrected chi connectivity index (χ4v) is 1.55. The Morgan fingerprint density at radius 3 is 2.43 bits per heavy atom. The predicted molar refractivity (Wildman–Crippen MR) is 62.6 cm³/mol. The highest BCUT2D eigenvalue weighted by Crippen LogP contribution is 2.29. The minimum atomic E-state index is 0.182. The molecule has 1 atom stereocenters. The van der Waals surface area contributed by atoms with Crippen molar-refractivity contribution in [2.45, 2.75) is 26.8 Å². The van der Waals surface area contributed by atoms with Crippen LogP contribution < -0.4 is 5.73 Å². The van der Waals surface area contributed by atoms with Gasteiger partial charge in [-0.3, -0.25) is 4.99 Å². The molecule has 0 bridgehead atoms. The van der Waals surface area contributed by atoms with Crippen molar-refractivity contribution in [2.75, 3.05) is 5.73 Å². The third-order valence-electron chi connectivity index (χ3n) is 2.26. The molecule has 2 heteroatoms. The number of hydrogen-bond acceptors (Lipinski definition) is 2. The summed E-state index contributed by atoms with van der Waals surface area (Å²) in [5, 5.41) is 0. The number of nitrogens with two attached hydrogens (primary N) is 1. The maximum atomic E-state index is 5.92. The van der Waals surface area contributed by atoms with E-state index in [1.54, 1.807) is 0 Å². The van der Waals surface area contributed by atoms with Gasteiger partial charge in [-0.1, -0.05) is 32.0 Å². The van der Waals surface area contributed by atoms with Crippen molar-refractivity contribution in [3.05, 3.63) is 29.8 Å². The van der Waals surface area contributed by atoms with Crippen LogP contribution in [0.3, 0.4) is 0 Å². The van der Waals surface area contributed by atoms with Crippen LogP contribution in [0.25, 0.3) is 0 Å². The van der Waals surface area contributed by atoms with Gasteiger partial charge in [-0.05, 0) is 30.7 Å². The first-order chi connectivity index (χ1) is 6.66. The number of benzene rings is 1. The van der Waals surface area contributed by atoms with E-state index < -0.39 is 0 Å². The van der Waals surface area contributed by atoms with Crippen molar-refractivity contribution in [1.29, 1.82) is 0 Å². The van der Waals surface area contributed by atoms with Gasteiger partial charge in [-0.25, -0.2) is 0 Å². The number of anilines is 1. The van der Waals surface area contributed by atoms with Crippen LogP contribution in [0.15, 0.2) is 29.3 Å². The van der Waals surface area contributed by atoms with E-state index in [1.165, 1.54) is 0 Å². The number of aliphatic imine (C=N–C) groups is 1. The van der Waals surface area contributed by atoms with Crippen molar-refractivity contribution in [3.63, 3.8) is 0 Å². The SMILES string of the molecule is CC=NC(c1ccccc1N)C(C)C. The molecule has 0 heterocycles. The fraction of sp³-hybridized carbons (Fsp3) is 0.417. The van der Waals surface area contributed by atoms with Crippen LogP contribution in [-0.4, -0.2) is 6.21 Å². The van der Waals surface area contributed by atoms with E-state index in [2.05, 4.69) is 18.8 Å². The number of nitrogens with zero attached hydrogens (tertiary/aromatic N) is 1. The molecule has 1 rings (SSSR count). The molecule has 0 fully saturated rings. The first kappa shape index (κ1) is 10.8. The van der Waals surface area contributed by atoms with Crippen LogP contribution in [0.4, 0.5) is 5.69 Å². The first-order valence-electron chi connectivity index (χ1n) is 4.99. The van der Waals surface area contributed by atoms with Crippen LogP contribution in [0.2, 0.25) is 0 Å². The molecule has 0 aromatic heterocycles. The van der Waals surface area contributed by atoms with E-state index in [9.17, 15) is 0 Å². The topological polar surface area (TPSA) is 38.4 Å². The van der Waals surface area contributed by atoms with Gasteiger partial charge in [0, 0.05) is 5.69 Å². The third kappa shape index (κ3) is 2.34. The highest BCUT2D eigenvalue weighted by Gasteiger charge is 2.15. The second-order valence-electron chi connectivity index (χ2n) is 3.73. The van der Waals surface area contributed by atoms with Gasteiger partial charge >= 0.3 is 0 Å². The summed E-state index contributed by atoms with van der Waals surface area (Å²) in [7, 11) is 0. The summed E-state index contributed by atoms with van der Waals surface area (Å²) in [6, 6.07) is 8.11. The number of nitrogen functional groups attached to an aromatic ring is 1. The van der Waals surface area contributed by atoms with E-state index in [4.69, 9.17) is 5.73 Å². The van der Waals surface area contributed by atoms with Gasteiger partial charge in [0.2, 0.25) is 0 Å². The average Bonchev–Trinajstić information content (AvgIpc) is 2.15. The van der Waals surface area contributed by atoms with Gasteiger partial charge in [-0.15, -0.1) is 0 Å². The molecule has 2 N–H and O–H groups in total. The van der Waals surface area contributed by atoms with E-state index in [0.29, 0.717) is 5.92 Å². The Hall–Kier alpha value is -1.31. The highest BCUT2D eigenvalue weighted by molar-refractivity contribution is 5.56. The predicted octanol–water partition coefficient (Wildman–Crippen LogP) is 3.06. The van der Waals surface area contributed by atoms with Gasteiger partial charge in [0.05, 0.1) is 6.04 Å². The maximum Gasteiger partial charge on any atom is 0.0787 e. The third-order valence-corrected chi connectivity index (χ3v) is 2.26. The molecule has 0 saturated carbocycles. The van der Waals surface area contributed by atoms with Crippen LogP contribution in [-0.2, 0) is 0 Å². The molecule has 14 heavy (non-hydrogen) atoms. The molecule has 0 aliphatic rings. The molecule has 2 nitrogen and oxygen atoms in total. The van der Waals surface area contributed by atoms with Crippen molar-refractivity contribution in [3.8, 4) is 0 Å². The zero-order valence-electron chi connectivity index (χ0n) is 9.07. The second kappa shape index (κ2) is 4.80. The van der Waals surface area contributed by atoms with Gasteiger partial charge in [0.15, 0.2) is 0 Å². The Balaban J connectivity index is 3.05. The molecule has 0 aliphatic heterocycles. The molecule has 1 unspecified atom stereocenters. The first-order valence-corrected chi connectivity index (χ1v) is 4.99. The van der Waals surface area contributed by atoms with E-state index in [-0.39, 0.29) is 6.04 Å². The number of hydrogen-bond donors (Lipinski definition) is 1. The van der Waals surface area contributed by atoms with Crippen LogP contribution in [0, 0.1) is 5.92 Å². The Morgan fingerprint density at radius 2 is 1.93 bits per heavy atom. The van der Waals surface area contributed by atoms with Crippen molar-refractivity contribution in [2.24, 2.45) is 10.9 Å². The second-order valence-corrected chi connectivity index (χ2v) is 3.73. The smallest absolute Gasteiger partial charge is 0.0787 e. The van der Waals surface area contributed by atoms with Crippen molar-refractivity contribution in [1.82, 2.24) is 0 Å². The van der Waals surface area contributed by atoms with Gasteiger partial charge in [0.1, 0.15) is 0 Å². The van der Waals surface area contributed by atoms with Crippen LogP contribution in [0.5, 0.6) is 0 Å². The molecular formula is C12H18N2. The van der Waals surface area contributed by atoms with Gasteiger partial charge < -0.3 is 5.73 Å². The summed E-state index contributed by atoms with van der Waals surface area (Å²) in [5.74, 6) is 0.468. The van der Waals surface area contributed by atoms with Crippen molar-refractivity contribution < 1.29 is 0 Å². The normalized spacial score (nSPS) is 13.7. The molecule has 0 spiro atoms. The van der Waals surface area contributed by atoms with E-state index in [1.807, 2.05) is 37.4 Å². The fourth-order valence-electron chi connectivity index (χ4n) is 1.55. The summed E-state index contributed by atoms with van der Waals surface area (Å²) in [4.78, 5) is 4.45. The Kier molecular flexibility index (Phi) is 3.69. The monoisotopic (exact) mass is 190 g/mol. The molecular weight excluding hydrogens is 172 g/mol. The summed E-state index contributed by atoms with van der Waals surface area (Å²) in [5.41, 5.74) is 7.87. The summed E-state index contributed by atoms with van der Waals surface area (Å²) < 4.78 is 0. The molecule has 76 valence electrons. The lowest BCUT2D eigenvalue weighted by molar-refractivity contribution is 0.519. The minimum absolute atomic E-state index is 0.182. The van der Waals surface area contributed by atoms with Crippen LogP contribution in [0.1, 0.15) is 32.4 Å². The van der Waals surface area contributed by atoms with E-state index in [0.717, 1.165) is 11.3 Å². The van der Waals surface area contributed by atoms with Crippen LogP contribution >= 0.6 is 0 Å². The molecule has 1 aromatic rings. The summed E-state index contributed by atoms with van der Waals surface area (Å²) in [6.07, 6.45) is 1.84. The molecule has 0 radical (unpaired) electrons. The minimum Gasteiger partial charge on any atom is -0.398 e.